The van der Waals surface area contributed by atoms with Gasteiger partial charge in [0.05, 0.1) is 16.5 Å². The molecule has 100 valence electrons. The maximum atomic E-state index is 12.2. The first-order chi connectivity index (χ1) is 9.54. The molecule has 0 saturated heterocycles. The predicted octanol–water partition coefficient (Wildman–Crippen LogP) is 3.57. The third-order valence-corrected chi connectivity index (χ3v) is 4.87. The first kappa shape index (κ1) is 14.3. The van der Waals surface area contributed by atoms with E-state index in [1.54, 1.807) is 42.5 Å². The highest BCUT2D eigenvalue weighted by atomic mass is 35.5. The van der Waals surface area contributed by atoms with Crippen LogP contribution >= 0.6 is 11.6 Å². The summed E-state index contributed by atoms with van der Waals surface area (Å²) in [7, 11) is -3.69. The Labute approximate surface area is 122 Å². The van der Waals surface area contributed by atoms with Gasteiger partial charge in [0.15, 0.2) is 0 Å². The zero-order valence-electron chi connectivity index (χ0n) is 10.3. The fraction of sp³-hybridized carbons (Fsp3) is 0. The van der Waals surface area contributed by atoms with E-state index >= 15 is 0 Å². The van der Waals surface area contributed by atoms with Crippen LogP contribution in [0.25, 0.3) is 6.08 Å². The van der Waals surface area contributed by atoms with E-state index in [2.05, 4.69) is 0 Å². The summed E-state index contributed by atoms with van der Waals surface area (Å²) in [5.74, 6) is 0. The molecule has 2 aromatic carbocycles. The summed E-state index contributed by atoms with van der Waals surface area (Å²) in [4.78, 5) is 0.148. The lowest BCUT2D eigenvalue weighted by atomic mass is 10.1. The molecule has 3 nitrogen and oxygen atoms in total. The first-order valence-electron chi connectivity index (χ1n) is 5.71. The molecule has 0 spiro atoms. The minimum absolute atomic E-state index is 0.148. The number of nitriles is 1. The lowest BCUT2D eigenvalue weighted by molar-refractivity contribution is 0.604. The molecule has 0 aliphatic carbocycles. The Bertz CT molecular complexity index is 773. The van der Waals surface area contributed by atoms with Gasteiger partial charge >= 0.3 is 0 Å². The van der Waals surface area contributed by atoms with Crippen molar-refractivity contribution in [2.45, 2.75) is 4.90 Å². The number of nitrogens with zero attached hydrogens (tertiary/aromatic N) is 1. The van der Waals surface area contributed by atoms with Gasteiger partial charge in [-0.1, -0.05) is 41.9 Å². The lowest BCUT2D eigenvalue weighted by Crippen LogP contribution is -2.00. The third kappa shape index (κ3) is 3.08. The van der Waals surface area contributed by atoms with Crippen molar-refractivity contribution in [3.05, 3.63) is 70.1 Å². The van der Waals surface area contributed by atoms with Gasteiger partial charge in [0.1, 0.15) is 4.36 Å². The van der Waals surface area contributed by atoms with Gasteiger partial charge in [-0.05, 0) is 35.9 Å². The molecule has 5 heteroatoms. The van der Waals surface area contributed by atoms with Crippen LogP contribution in [0.15, 0.2) is 63.9 Å². The van der Waals surface area contributed by atoms with E-state index in [1.165, 1.54) is 18.2 Å². The minimum Gasteiger partial charge on any atom is -0.218 e. The standard InChI is InChI=1S/C15H10ClNO2S/c16-15(10-12-6-8-13(11-17)9-7-12)20(18,19)14-4-2-1-3-5-14/h1-10H/b15-10-. The smallest absolute Gasteiger partial charge is 0.217 e. The molecule has 0 N–H and O–H groups in total. The fourth-order valence-corrected chi connectivity index (χ4v) is 3.00. The van der Waals surface area contributed by atoms with E-state index in [1.807, 2.05) is 6.07 Å². The van der Waals surface area contributed by atoms with Crippen molar-refractivity contribution in [1.29, 1.82) is 5.26 Å². The number of hydrogen-bond acceptors (Lipinski definition) is 3. The van der Waals surface area contributed by atoms with Crippen LogP contribution in [0.2, 0.25) is 0 Å². The maximum Gasteiger partial charge on any atom is 0.217 e. The quantitative estimate of drug-likeness (QED) is 0.871. The molecule has 0 atom stereocenters. The average Bonchev–Trinajstić information content (AvgIpc) is 2.49. The maximum absolute atomic E-state index is 12.2. The molecule has 20 heavy (non-hydrogen) atoms. The second-order valence-corrected chi connectivity index (χ2v) is 6.55. The van der Waals surface area contributed by atoms with Crippen LogP contribution in [0.1, 0.15) is 11.1 Å². The van der Waals surface area contributed by atoms with Crippen molar-refractivity contribution >= 4 is 27.5 Å². The Hall–Kier alpha value is -2.09. The second kappa shape index (κ2) is 5.91. The van der Waals surface area contributed by atoms with Crippen molar-refractivity contribution in [3.8, 4) is 6.07 Å². The molecular weight excluding hydrogens is 294 g/mol. The topological polar surface area (TPSA) is 57.9 Å². The van der Waals surface area contributed by atoms with Gasteiger partial charge in [-0.15, -0.1) is 0 Å². The van der Waals surface area contributed by atoms with Crippen molar-refractivity contribution in [3.63, 3.8) is 0 Å². The molecule has 0 radical (unpaired) electrons. The van der Waals surface area contributed by atoms with Gasteiger partial charge in [-0.2, -0.15) is 5.26 Å². The number of halogens is 1. The van der Waals surface area contributed by atoms with Crippen LogP contribution in [-0.2, 0) is 9.84 Å². The van der Waals surface area contributed by atoms with Crippen LogP contribution in [0.3, 0.4) is 0 Å². The lowest BCUT2D eigenvalue weighted by Gasteiger charge is -2.03. The van der Waals surface area contributed by atoms with Crippen molar-refractivity contribution in [2.75, 3.05) is 0 Å². The van der Waals surface area contributed by atoms with Gasteiger partial charge in [-0.25, -0.2) is 8.42 Å². The summed E-state index contributed by atoms with van der Waals surface area (Å²) in [6.07, 6.45) is 1.37. The van der Waals surface area contributed by atoms with Crippen molar-refractivity contribution in [1.82, 2.24) is 0 Å². The van der Waals surface area contributed by atoms with E-state index in [-0.39, 0.29) is 9.26 Å². The normalized spacial score (nSPS) is 11.9. The van der Waals surface area contributed by atoms with E-state index < -0.39 is 9.84 Å². The number of sulfone groups is 1. The van der Waals surface area contributed by atoms with Gasteiger partial charge < -0.3 is 0 Å². The molecule has 0 fully saturated rings. The molecule has 0 unspecified atom stereocenters. The van der Waals surface area contributed by atoms with Gasteiger partial charge in [0.25, 0.3) is 0 Å². The monoisotopic (exact) mass is 303 g/mol. The van der Waals surface area contributed by atoms with Gasteiger partial charge in [-0.3, -0.25) is 0 Å². The number of rotatable bonds is 3. The van der Waals surface area contributed by atoms with E-state index in [0.29, 0.717) is 11.1 Å². The summed E-state index contributed by atoms with van der Waals surface area (Å²) in [6, 6.07) is 16.5. The van der Waals surface area contributed by atoms with Crippen LogP contribution in [0, 0.1) is 11.3 Å². The molecule has 0 aliphatic heterocycles. The highest BCUT2D eigenvalue weighted by molar-refractivity contribution is 7.97. The third-order valence-electron chi connectivity index (χ3n) is 2.63. The van der Waals surface area contributed by atoms with Gasteiger partial charge in [0.2, 0.25) is 9.84 Å². The van der Waals surface area contributed by atoms with Crippen LogP contribution in [0.5, 0.6) is 0 Å². The molecule has 2 rings (SSSR count). The predicted molar refractivity (Wildman–Crippen MR) is 78.6 cm³/mol. The highest BCUT2D eigenvalue weighted by Gasteiger charge is 2.18. The van der Waals surface area contributed by atoms with E-state index in [4.69, 9.17) is 16.9 Å². The Morgan fingerprint density at radius 3 is 2.20 bits per heavy atom. The minimum atomic E-state index is -3.69. The van der Waals surface area contributed by atoms with Crippen molar-refractivity contribution in [2.24, 2.45) is 0 Å². The number of hydrogen-bond donors (Lipinski definition) is 0. The Morgan fingerprint density at radius 2 is 1.65 bits per heavy atom. The molecule has 0 amide bonds. The van der Waals surface area contributed by atoms with E-state index in [0.717, 1.165) is 0 Å². The zero-order chi connectivity index (χ0) is 14.6. The van der Waals surface area contributed by atoms with Crippen LogP contribution in [-0.4, -0.2) is 8.42 Å². The highest BCUT2D eigenvalue weighted by Crippen LogP contribution is 2.24. The summed E-state index contributed by atoms with van der Waals surface area (Å²) in [5.41, 5.74) is 1.12. The molecule has 0 saturated carbocycles. The Balaban J connectivity index is 2.37. The average molecular weight is 304 g/mol. The van der Waals surface area contributed by atoms with Crippen LogP contribution in [0.4, 0.5) is 0 Å². The fourth-order valence-electron chi connectivity index (χ4n) is 1.57. The molecule has 0 aromatic heterocycles. The largest absolute Gasteiger partial charge is 0.218 e. The number of benzene rings is 2. The molecule has 0 aliphatic rings. The summed E-state index contributed by atoms with van der Waals surface area (Å²) < 4.78 is 24.2. The molecule has 0 heterocycles. The SMILES string of the molecule is N#Cc1ccc(/C=C(/Cl)S(=O)(=O)c2ccccc2)cc1. The molecular formula is C15H10ClNO2S. The zero-order valence-corrected chi connectivity index (χ0v) is 11.9. The first-order valence-corrected chi connectivity index (χ1v) is 7.57. The molecule has 2 aromatic rings. The Kier molecular flexibility index (Phi) is 4.23. The summed E-state index contributed by atoms with van der Waals surface area (Å²) in [5, 5.41) is 8.70. The van der Waals surface area contributed by atoms with Crippen molar-refractivity contribution < 1.29 is 8.42 Å². The Morgan fingerprint density at radius 1 is 1.05 bits per heavy atom. The van der Waals surface area contributed by atoms with Gasteiger partial charge in [0, 0.05) is 0 Å². The summed E-state index contributed by atoms with van der Waals surface area (Å²) in [6.45, 7) is 0. The second-order valence-electron chi connectivity index (χ2n) is 4.00. The molecule has 0 bridgehead atoms. The van der Waals surface area contributed by atoms with Crippen LogP contribution < -0.4 is 0 Å². The summed E-state index contributed by atoms with van der Waals surface area (Å²) >= 11 is 5.92. The van der Waals surface area contributed by atoms with E-state index in [9.17, 15) is 8.42 Å².